The zero-order chi connectivity index (χ0) is 13.3. The van der Waals surface area contributed by atoms with Gasteiger partial charge in [-0.05, 0) is 25.5 Å². The summed E-state index contributed by atoms with van der Waals surface area (Å²) in [5.41, 5.74) is 7.57. The van der Waals surface area contributed by atoms with E-state index in [0.29, 0.717) is 5.25 Å². The van der Waals surface area contributed by atoms with E-state index in [1.54, 1.807) is 0 Å². The van der Waals surface area contributed by atoms with Crippen LogP contribution in [-0.2, 0) is 9.47 Å². The normalized spacial score (nSPS) is 29.8. The first-order valence-electron chi connectivity index (χ1n) is 6.94. The molecule has 0 bridgehead atoms. The highest BCUT2D eigenvalue weighted by atomic mass is 32.2. The zero-order valence-corrected chi connectivity index (χ0v) is 12.1. The van der Waals surface area contributed by atoms with E-state index in [1.165, 1.54) is 10.5 Å². The standard InChI is InChI=1S/C15H21NO2S/c1-11-3-2-4-12(9-11)19-14-10-15(6-5-13(14)16)17-7-8-18-15/h2-4,9,13-14H,5-8,10,16H2,1H3. The molecule has 1 aliphatic heterocycles. The fraction of sp³-hybridized carbons (Fsp3) is 0.600. The van der Waals surface area contributed by atoms with E-state index < -0.39 is 0 Å². The second-order valence-electron chi connectivity index (χ2n) is 5.49. The lowest BCUT2D eigenvalue weighted by Crippen LogP contribution is -2.47. The minimum atomic E-state index is -0.350. The second kappa shape index (κ2) is 5.44. The molecule has 0 amide bonds. The summed E-state index contributed by atoms with van der Waals surface area (Å²) < 4.78 is 11.7. The lowest BCUT2D eigenvalue weighted by Gasteiger charge is -2.39. The molecule has 3 nitrogen and oxygen atoms in total. The number of hydrogen-bond acceptors (Lipinski definition) is 4. The Morgan fingerprint density at radius 3 is 2.84 bits per heavy atom. The van der Waals surface area contributed by atoms with E-state index in [9.17, 15) is 0 Å². The number of thioether (sulfide) groups is 1. The Morgan fingerprint density at radius 1 is 1.32 bits per heavy atom. The molecule has 3 rings (SSSR count). The SMILES string of the molecule is Cc1cccc(SC2CC3(CCC2N)OCCO3)c1. The Labute approximate surface area is 118 Å². The molecule has 2 aliphatic rings. The summed E-state index contributed by atoms with van der Waals surface area (Å²) in [6.45, 7) is 3.56. The summed E-state index contributed by atoms with van der Waals surface area (Å²) in [5, 5.41) is 0.369. The smallest absolute Gasteiger partial charge is 0.169 e. The van der Waals surface area contributed by atoms with Crippen LogP contribution >= 0.6 is 11.8 Å². The minimum absolute atomic E-state index is 0.226. The highest BCUT2D eigenvalue weighted by Gasteiger charge is 2.44. The van der Waals surface area contributed by atoms with Crippen LogP contribution in [0.2, 0.25) is 0 Å². The third-order valence-corrected chi connectivity index (χ3v) is 5.28. The van der Waals surface area contributed by atoms with Crippen molar-refractivity contribution in [3.8, 4) is 0 Å². The molecule has 104 valence electrons. The summed E-state index contributed by atoms with van der Waals surface area (Å²) >= 11 is 1.86. The molecule has 1 spiro atoms. The topological polar surface area (TPSA) is 44.5 Å². The van der Waals surface area contributed by atoms with Gasteiger partial charge in [0.15, 0.2) is 5.79 Å². The summed E-state index contributed by atoms with van der Waals surface area (Å²) in [5.74, 6) is -0.350. The van der Waals surface area contributed by atoms with E-state index >= 15 is 0 Å². The molecule has 2 atom stereocenters. The van der Waals surface area contributed by atoms with Crippen LogP contribution in [0.3, 0.4) is 0 Å². The molecule has 2 fully saturated rings. The predicted octanol–water partition coefficient (Wildman–Crippen LogP) is 2.71. The van der Waals surface area contributed by atoms with Crippen LogP contribution < -0.4 is 5.73 Å². The van der Waals surface area contributed by atoms with Gasteiger partial charge < -0.3 is 15.2 Å². The Bertz CT molecular complexity index is 446. The molecule has 0 aromatic heterocycles. The van der Waals surface area contributed by atoms with Crippen LogP contribution in [0.1, 0.15) is 24.8 Å². The van der Waals surface area contributed by atoms with Gasteiger partial charge in [0.1, 0.15) is 0 Å². The van der Waals surface area contributed by atoms with Crippen molar-refractivity contribution in [2.24, 2.45) is 5.73 Å². The molecular weight excluding hydrogens is 258 g/mol. The van der Waals surface area contributed by atoms with Gasteiger partial charge >= 0.3 is 0 Å². The predicted molar refractivity (Wildman–Crippen MR) is 77.3 cm³/mol. The first-order chi connectivity index (χ1) is 9.17. The second-order valence-corrected chi connectivity index (χ2v) is 6.80. The first-order valence-corrected chi connectivity index (χ1v) is 7.82. The van der Waals surface area contributed by atoms with Gasteiger partial charge in [0.05, 0.1) is 13.2 Å². The van der Waals surface area contributed by atoms with Crippen LogP contribution in [0.5, 0.6) is 0 Å². The van der Waals surface area contributed by atoms with Gasteiger partial charge in [-0.25, -0.2) is 0 Å². The molecule has 2 unspecified atom stereocenters. The number of aryl methyl sites for hydroxylation is 1. The van der Waals surface area contributed by atoms with Crippen molar-refractivity contribution in [1.29, 1.82) is 0 Å². The van der Waals surface area contributed by atoms with Crippen molar-refractivity contribution in [1.82, 2.24) is 0 Å². The van der Waals surface area contributed by atoms with Gasteiger partial charge in [-0.1, -0.05) is 17.7 Å². The van der Waals surface area contributed by atoms with Gasteiger partial charge in [0, 0.05) is 29.0 Å². The highest BCUT2D eigenvalue weighted by Crippen LogP contribution is 2.41. The number of hydrogen-bond donors (Lipinski definition) is 1. The lowest BCUT2D eigenvalue weighted by atomic mass is 9.90. The average molecular weight is 279 g/mol. The van der Waals surface area contributed by atoms with Crippen molar-refractivity contribution in [3.05, 3.63) is 29.8 Å². The molecule has 19 heavy (non-hydrogen) atoms. The molecule has 1 aromatic carbocycles. The summed E-state index contributed by atoms with van der Waals surface area (Å²) in [6, 6.07) is 8.82. The molecule has 2 N–H and O–H groups in total. The number of benzene rings is 1. The first kappa shape index (κ1) is 13.4. The van der Waals surface area contributed by atoms with Gasteiger partial charge in [-0.2, -0.15) is 0 Å². The van der Waals surface area contributed by atoms with Crippen molar-refractivity contribution in [2.75, 3.05) is 13.2 Å². The highest BCUT2D eigenvalue weighted by molar-refractivity contribution is 8.00. The van der Waals surface area contributed by atoms with Crippen molar-refractivity contribution in [3.63, 3.8) is 0 Å². The van der Waals surface area contributed by atoms with E-state index in [1.807, 2.05) is 11.8 Å². The Kier molecular flexibility index (Phi) is 3.85. The van der Waals surface area contributed by atoms with Crippen LogP contribution in [0.4, 0.5) is 0 Å². The van der Waals surface area contributed by atoms with Crippen LogP contribution in [0, 0.1) is 6.92 Å². The monoisotopic (exact) mass is 279 g/mol. The minimum Gasteiger partial charge on any atom is -0.347 e. The van der Waals surface area contributed by atoms with Crippen LogP contribution in [0.25, 0.3) is 0 Å². The van der Waals surface area contributed by atoms with Crippen LogP contribution in [0.15, 0.2) is 29.2 Å². The quantitative estimate of drug-likeness (QED) is 0.904. The maximum atomic E-state index is 6.28. The van der Waals surface area contributed by atoms with Gasteiger partial charge in [-0.3, -0.25) is 0 Å². The summed E-state index contributed by atoms with van der Waals surface area (Å²) in [7, 11) is 0. The van der Waals surface area contributed by atoms with Crippen molar-refractivity contribution in [2.45, 2.75) is 48.2 Å². The largest absolute Gasteiger partial charge is 0.347 e. The molecular formula is C15H21NO2S. The molecule has 1 aliphatic carbocycles. The molecule has 0 radical (unpaired) electrons. The molecule has 1 saturated heterocycles. The fourth-order valence-corrected chi connectivity index (χ4v) is 4.29. The number of rotatable bonds is 2. The maximum Gasteiger partial charge on any atom is 0.169 e. The molecule has 1 saturated carbocycles. The number of ether oxygens (including phenoxy) is 2. The fourth-order valence-electron chi connectivity index (χ4n) is 2.88. The Morgan fingerprint density at radius 2 is 2.11 bits per heavy atom. The third-order valence-electron chi connectivity index (χ3n) is 3.94. The Balaban J connectivity index is 1.71. The average Bonchev–Trinajstić information content (AvgIpc) is 2.83. The van der Waals surface area contributed by atoms with Crippen molar-refractivity contribution >= 4 is 11.8 Å². The van der Waals surface area contributed by atoms with Gasteiger partial charge in [0.2, 0.25) is 0 Å². The van der Waals surface area contributed by atoms with Gasteiger partial charge in [0.25, 0.3) is 0 Å². The summed E-state index contributed by atoms with van der Waals surface area (Å²) in [4.78, 5) is 1.29. The van der Waals surface area contributed by atoms with Crippen molar-refractivity contribution < 1.29 is 9.47 Å². The zero-order valence-electron chi connectivity index (χ0n) is 11.3. The maximum absolute atomic E-state index is 6.28. The Hall–Kier alpha value is -0.550. The molecule has 1 aromatic rings. The summed E-state index contributed by atoms with van der Waals surface area (Å²) in [6.07, 6.45) is 2.80. The van der Waals surface area contributed by atoms with E-state index in [0.717, 1.165) is 32.5 Å². The molecule has 4 heteroatoms. The lowest BCUT2D eigenvalue weighted by molar-refractivity contribution is -0.176. The van der Waals surface area contributed by atoms with E-state index in [2.05, 4.69) is 31.2 Å². The molecule has 1 heterocycles. The van der Waals surface area contributed by atoms with Crippen LogP contribution in [-0.4, -0.2) is 30.3 Å². The van der Waals surface area contributed by atoms with Gasteiger partial charge in [-0.15, -0.1) is 11.8 Å². The van der Waals surface area contributed by atoms with E-state index in [-0.39, 0.29) is 11.8 Å². The number of nitrogens with two attached hydrogens (primary N) is 1. The third kappa shape index (κ3) is 2.97. The van der Waals surface area contributed by atoms with E-state index in [4.69, 9.17) is 15.2 Å².